The van der Waals surface area contributed by atoms with Crippen LogP contribution in [-0.4, -0.2) is 77.3 Å². The quantitative estimate of drug-likeness (QED) is 0.360. The Kier molecular flexibility index (Phi) is 14.6. The number of nitrogens with zero attached hydrogens (tertiary/aromatic N) is 1. The minimum atomic E-state index is 0.244. The highest BCUT2D eigenvalue weighted by molar-refractivity contribution is 4.57. The molecule has 0 fully saturated rings. The molecule has 1 N–H and O–H groups in total. The molecule has 0 atom stereocenters. The number of unbranched alkanes of at least 4 members (excludes halogenated alkanes) is 1. The van der Waals surface area contributed by atoms with E-state index in [2.05, 4.69) is 4.90 Å². The summed E-state index contributed by atoms with van der Waals surface area (Å²) in [5.74, 6) is 0. The van der Waals surface area contributed by atoms with Gasteiger partial charge in [-0.25, -0.2) is 0 Å². The van der Waals surface area contributed by atoms with E-state index in [-0.39, 0.29) is 6.61 Å². The second kappa shape index (κ2) is 14.8. The van der Waals surface area contributed by atoms with E-state index in [9.17, 15) is 0 Å². The molecular formula is C12H27NO5. The van der Waals surface area contributed by atoms with Crippen molar-refractivity contribution >= 4 is 0 Å². The summed E-state index contributed by atoms with van der Waals surface area (Å²) in [5, 5.41) is 8.77. The molecule has 0 rings (SSSR count). The molecule has 0 radical (unpaired) electrons. The fourth-order valence-corrected chi connectivity index (χ4v) is 1.45. The average Bonchev–Trinajstić information content (AvgIpc) is 2.39. The van der Waals surface area contributed by atoms with Gasteiger partial charge in [0.25, 0.3) is 0 Å². The van der Waals surface area contributed by atoms with E-state index in [1.54, 1.807) is 14.2 Å². The second-order valence-corrected chi connectivity index (χ2v) is 3.90. The Hall–Kier alpha value is -0.240. The SMILES string of the molecule is COCOCCN(CCCCO)CCOCOC. The Bertz CT molecular complexity index is 147. The van der Waals surface area contributed by atoms with E-state index < -0.39 is 0 Å². The van der Waals surface area contributed by atoms with E-state index in [4.69, 9.17) is 24.1 Å². The Morgan fingerprint density at radius 3 is 1.83 bits per heavy atom. The first-order valence-corrected chi connectivity index (χ1v) is 6.31. The van der Waals surface area contributed by atoms with Gasteiger partial charge in [-0.2, -0.15) is 0 Å². The molecule has 0 aromatic carbocycles. The average molecular weight is 265 g/mol. The largest absolute Gasteiger partial charge is 0.396 e. The van der Waals surface area contributed by atoms with Crippen molar-refractivity contribution in [2.45, 2.75) is 12.8 Å². The number of rotatable bonds is 14. The van der Waals surface area contributed by atoms with Crippen LogP contribution in [0.15, 0.2) is 0 Å². The molecule has 6 nitrogen and oxygen atoms in total. The van der Waals surface area contributed by atoms with Gasteiger partial charge in [-0.1, -0.05) is 0 Å². The first-order valence-electron chi connectivity index (χ1n) is 6.31. The summed E-state index contributed by atoms with van der Waals surface area (Å²) in [4.78, 5) is 2.25. The number of aliphatic hydroxyl groups excluding tert-OH is 1. The molecule has 0 heterocycles. The molecule has 0 saturated heterocycles. The first-order chi connectivity index (χ1) is 8.85. The van der Waals surface area contributed by atoms with Crippen molar-refractivity contribution in [3.8, 4) is 0 Å². The van der Waals surface area contributed by atoms with Gasteiger partial charge in [0.05, 0.1) is 13.2 Å². The van der Waals surface area contributed by atoms with Gasteiger partial charge in [0.1, 0.15) is 13.6 Å². The zero-order valence-electron chi connectivity index (χ0n) is 11.6. The van der Waals surface area contributed by atoms with Gasteiger partial charge in [-0.15, -0.1) is 0 Å². The van der Waals surface area contributed by atoms with E-state index in [0.29, 0.717) is 26.8 Å². The van der Waals surface area contributed by atoms with Gasteiger partial charge in [-0.3, -0.25) is 4.90 Å². The van der Waals surface area contributed by atoms with Crippen molar-refractivity contribution in [2.24, 2.45) is 0 Å². The third-order valence-corrected chi connectivity index (χ3v) is 2.39. The normalized spacial score (nSPS) is 11.3. The van der Waals surface area contributed by atoms with Crippen molar-refractivity contribution < 1.29 is 24.1 Å². The zero-order chi connectivity index (χ0) is 13.5. The van der Waals surface area contributed by atoms with Crippen molar-refractivity contribution in [1.82, 2.24) is 4.90 Å². The van der Waals surface area contributed by atoms with Crippen molar-refractivity contribution in [3.05, 3.63) is 0 Å². The number of hydrogen-bond acceptors (Lipinski definition) is 6. The Labute approximate surface area is 110 Å². The van der Waals surface area contributed by atoms with Crippen LogP contribution in [0.1, 0.15) is 12.8 Å². The van der Waals surface area contributed by atoms with Crippen LogP contribution in [0, 0.1) is 0 Å². The fraction of sp³-hybridized carbons (Fsp3) is 1.00. The first kappa shape index (κ1) is 17.8. The second-order valence-electron chi connectivity index (χ2n) is 3.90. The van der Waals surface area contributed by atoms with Crippen molar-refractivity contribution in [2.75, 3.05) is 67.3 Å². The van der Waals surface area contributed by atoms with Crippen LogP contribution in [0.3, 0.4) is 0 Å². The molecule has 0 aromatic rings. The summed E-state index contributed by atoms with van der Waals surface area (Å²) in [6.45, 7) is 4.78. The van der Waals surface area contributed by atoms with E-state index in [1.165, 1.54) is 0 Å². The molecule has 6 heteroatoms. The van der Waals surface area contributed by atoms with Gasteiger partial charge in [0.15, 0.2) is 0 Å². The lowest BCUT2D eigenvalue weighted by Crippen LogP contribution is -2.32. The van der Waals surface area contributed by atoms with Gasteiger partial charge < -0.3 is 24.1 Å². The summed E-state index contributed by atoms with van der Waals surface area (Å²) < 4.78 is 20.2. The lowest BCUT2D eigenvalue weighted by molar-refractivity contribution is -0.0487. The molecule has 0 unspecified atom stereocenters. The van der Waals surface area contributed by atoms with Crippen molar-refractivity contribution in [1.29, 1.82) is 0 Å². The van der Waals surface area contributed by atoms with Crippen LogP contribution in [0.4, 0.5) is 0 Å². The maximum atomic E-state index is 8.77. The van der Waals surface area contributed by atoms with Crippen LogP contribution < -0.4 is 0 Å². The maximum absolute atomic E-state index is 8.77. The Balaban J connectivity index is 3.62. The molecule has 0 aromatic heterocycles. The van der Waals surface area contributed by atoms with Crippen LogP contribution in [0.5, 0.6) is 0 Å². The third kappa shape index (κ3) is 12.2. The summed E-state index contributed by atoms with van der Waals surface area (Å²) >= 11 is 0. The number of aliphatic hydroxyl groups is 1. The molecule has 0 aliphatic heterocycles. The third-order valence-electron chi connectivity index (χ3n) is 2.39. The molecule has 110 valence electrons. The smallest absolute Gasteiger partial charge is 0.146 e. The highest BCUT2D eigenvalue weighted by atomic mass is 16.7. The zero-order valence-corrected chi connectivity index (χ0v) is 11.6. The van der Waals surface area contributed by atoms with Crippen molar-refractivity contribution in [3.63, 3.8) is 0 Å². The van der Waals surface area contributed by atoms with Gasteiger partial charge in [0.2, 0.25) is 0 Å². The number of methoxy groups -OCH3 is 2. The fourth-order valence-electron chi connectivity index (χ4n) is 1.45. The molecule has 0 bridgehead atoms. The lowest BCUT2D eigenvalue weighted by Gasteiger charge is -2.21. The number of ether oxygens (including phenoxy) is 4. The molecule has 0 saturated carbocycles. The summed E-state index contributed by atoms with van der Waals surface area (Å²) in [5.41, 5.74) is 0. The number of hydrogen-bond donors (Lipinski definition) is 1. The van der Waals surface area contributed by atoms with Crippen LogP contribution in [-0.2, 0) is 18.9 Å². The Morgan fingerprint density at radius 2 is 1.39 bits per heavy atom. The van der Waals surface area contributed by atoms with Crippen LogP contribution >= 0.6 is 0 Å². The molecule has 18 heavy (non-hydrogen) atoms. The summed E-state index contributed by atoms with van der Waals surface area (Å²) in [6.07, 6.45) is 1.80. The van der Waals surface area contributed by atoms with Gasteiger partial charge in [-0.05, 0) is 19.4 Å². The standard InChI is InChI=1S/C12H27NO5/c1-15-11-17-9-6-13(5-3-4-8-14)7-10-18-12-16-2/h14H,3-12H2,1-2H3. The maximum Gasteiger partial charge on any atom is 0.146 e. The topological polar surface area (TPSA) is 60.4 Å². The molecule has 0 spiro atoms. The predicted octanol–water partition coefficient (Wildman–Crippen LogP) is 0.302. The monoisotopic (exact) mass is 265 g/mol. The van der Waals surface area contributed by atoms with Gasteiger partial charge >= 0.3 is 0 Å². The predicted molar refractivity (Wildman–Crippen MR) is 68.4 cm³/mol. The van der Waals surface area contributed by atoms with Gasteiger partial charge in [0, 0.05) is 33.9 Å². The van der Waals surface area contributed by atoms with Crippen LogP contribution in [0.2, 0.25) is 0 Å². The summed E-state index contributed by atoms with van der Waals surface area (Å²) in [6, 6.07) is 0. The van der Waals surface area contributed by atoms with E-state index in [0.717, 1.165) is 32.5 Å². The highest BCUT2D eigenvalue weighted by Gasteiger charge is 2.04. The minimum Gasteiger partial charge on any atom is -0.396 e. The summed E-state index contributed by atoms with van der Waals surface area (Å²) in [7, 11) is 3.22. The molecular weight excluding hydrogens is 238 g/mol. The highest BCUT2D eigenvalue weighted by Crippen LogP contribution is 1.96. The molecule has 0 amide bonds. The van der Waals surface area contributed by atoms with E-state index >= 15 is 0 Å². The molecule has 0 aliphatic carbocycles. The lowest BCUT2D eigenvalue weighted by atomic mass is 10.3. The van der Waals surface area contributed by atoms with Crippen LogP contribution in [0.25, 0.3) is 0 Å². The Morgan fingerprint density at radius 1 is 0.833 bits per heavy atom. The van der Waals surface area contributed by atoms with E-state index in [1.807, 2.05) is 0 Å². The molecule has 0 aliphatic rings. The minimum absolute atomic E-state index is 0.244.